The number of nitrogens with one attached hydrogen (secondary N) is 1. The maximum Gasteiger partial charge on any atom is 0.222 e. The molecule has 0 aliphatic heterocycles. The summed E-state index contributed by atoms with van der Waals surface area (Å²) in [6.45, 7) is 5.89. The number of hydrogen-bond acceptors (Lipinski definition) is 5. The van der Waals surface area contributed by atoms with E-state index in [-0.39, 0.29) is 11.8 Å². The molecule has 0 fully saturated rings. The van der Waals surface area contributed by atoms with Crippen LogP contribution in [-0.4, -0.2) is 40.7 Å². The van der Waals surface area contributed by atoms with Crippen LogP contribution in [0.1, 0.15) is 32.5 Å². The molecule has 0 unspecified atom stereocenters. The van der Waals surface area contributed by atoms with Gasteiger partial charge >= 0.3 is 0 Å². The Kier molecular flexibility index (Phi) is 6.46. The van der Waals surface area contributed by atoms with Gasteiger partial charge in [-0.2, -0.15) is 0 Å². The van der Waals surface area contributed by atoms with Crippen molar-refractivity contribution < 1.29 is 9.53 Å². The van der Waals surface area contributed by atoms with Crippen LogP contribution in [-0.2, 0) is 22.5 Å². The topological polar surface area (TPSA) is 95.1 Å². The lowest BCUT2D eigenvalue weighted by atomic mass is 10.2. The van der Waals surface area contributed by atoms with Crippen LogP contribution < -0.4 is 11.1 Å². The number of nitrogen functional groups attached to an aromatic ring is 1. The Morgan fingerprint density at radius 3 is 2.79 bits per heavy atom. The molecule has 2 aromatic heterocycles. The summed E-state index contributed by atoms with van der Waals surface area (Å²) in [4.78, 5) is 21.0. The maximum atomic E-state index is 11.7. The molecule has 1 aromatic carbocycles. The van der Waals surface area contributed by atoms with E-state index in [2.05, 4.69) is 20.9 Å². The summed E-state index contributed by atoms with van der Waals surface area (Å²) in [6, 6.07) is 8.00. The number of imidazole rings is 1. The van der Waals surface area contributed by atoms with Gasteiger partial charge in [0.1, 0.15) is 11.3 Å². The fourth-order valence-electron chi connectivity index (χ4n) is 3.34. The van der Waals surface area contributed by atoms with Gasteiger partial charge in [0.2, 0.25) is 5.91 Å². The number of benzene rings is 1. The molecule has 0 aliphatic carbocycles. The molecule has 0 atom stereocenters. The molecule has 3 N–H and O–H groups in total. The van der Waals surface area contributed by atoms with Gasteiger partial charge in [-0.3, -0.25) is 4.79 Å². The zero-order chi connectivity index (χ0) is 20.1. The van der Waals surface area contributed by atoms with Crippen LogP contribution in [0.15, 0.2) is 24.3 Å². The number of nitrogens with zero attached hydrogens (tertiary/aromatic N) is 3. The highest BCUT2D eigenvalue weighted by Gasteiger charge is 2.17. The molecule has 0 spiro atoms. The Morgan fingerprint density at radius 1 is 1.25 bits per heavy atom. The molecular formula is C21H29N5O2. The second kappa shape index (κ2) is 9.01. The van der Waals surface area contributed by atoms with E-state index >= 15 is 0 Å². The zero-order valence-electron chi connectivity index (χ0n) is 16.9. The van der Waals surface area contributed by atoms with Crippen molar-refractivity contribution in [2.24, 2.45) is 5.92 Å². The van der Waals surface area contributed by atoms with Crippen molar-refractivity contribution in [2.75, 3.05) is 26.0 Å². The third-order valence-electron chi connectivity index (χ3n) is 4.85. The van der Waals surface area contributed by atoms with E-state index in [9.17, 15) is 4.79 Å². The minimum atomic E-state index is 0.0140. The normalized spacial score (nSPS) is 11.6. The Hall–Kier alpha value is -2.67. The van der Waals surface area contributed by atoms with Crippen LogP contribution >= 0.6 is 0 Å². The Balaban J connectivity index is 1.87. The second-order valence-electron chi connectivity index (χ2n) is 7.29. The number of nitrogens with two attached hydrogens (primary N) is 1. The van der Waals surface area contributed by atoms with Crippen molar-refractivity contribution in [3.63, 3.8) is 0 Å². The summed E-state index contributed by atoms with van der Waals surface area (Å²) >= 11 is 0. The molecule has 150 valence electrons. The predicted octanol–water partition coefficient (Wildman–Crippen LogP) is 2.91. The van der Waals surface area contributed by atoms with E-state index in [1.165, 1.54) is 0 Å². The highest BCUT2D eigenvalue weighted by Crippen LogP contribution is 2.29. The zero-order valence-corrected chi connectivity index (χ0v) is 16.9. The lowest BCUT2D eigenvalue weighted by molar-refractivity contribution is -0.123. The molecule has 0 bridgehead atoms. The number of aromatic nitrogens is 3. The van der Waals surface area contributed by atoms with Crippen LogP contribution in [0.2, 0.25) is 0 Å². The fraction of sp³-hybridized carbons (Fsp3) is 0.476. The first-order chi connectivity index (χ1) is 13.5. The van der Waals surface area contributed by atoms with Crippen molar-refractivity contribution in [2.45, 2.75) is 39.7 Å². The highest BCUT2D eigenvalue weighted by molar-refractivity contribution is 6.06. The average molecular weight is 383 g/mol. The first-order valence-electron chi connectivity index (χ1n) is 9.83. The van der Waals surface area contributed by atoms with Crippen molar-refractivity contribution in [3.8, 4) is 0 Å². The summed E-state index contributed by atoms with van der Waals surface area (Å²) in [7, 11) is 1.69. The summed E-state index contributed by atoms with van der Waals surface area (Å²) < 4.78 is 7.49. The molecule has 0 saturated heterocycles. The Labute approximate surface area is 165 Å². The molecule has 7 heteroatoms. The summed E-state index contributed by atoms with van der Waals surface area (Å²) in [5.74, 6) is 1.52. The number of ether oxygens (including phenoxy) is 1. The number of para-hydroxylation sites is 1. The number of fused-ring (bicyclic) bond motifs is 3. The van der Waals surface area contributed by atoms with E-state index in [1.54, 1.807) is 7.11 Å². The number of anilines is 1. The van der Waals surface area contributed by atoms with Crippen molar-refractivity contribution in [1.82, 2.24) is 19.9 Å². The van der Waals surface area contributed by atoms with E-state index in [4.69, 9.17) is 15.5 Å². The van der Waals surface area contributed by atoms with Gasteiger partial charge in [0.25, 0.3) is 0 Å². The van der Waals surface area contributed by atoms with Crippen molar-refractivity contribution in [3.05, 3.63) is 30.1 Å². The largest absolute Gasteiger partial charge is 0.384 e. The van der Waals surface area contributed by atoms with Crippen molar-refractivity contribution >= 4 is 33.7 Å². The number of aryl methyl sites for hydroxylation is 1. The Bertz CT molecular complexity index is 964. The van der Waals surface area contributed by atoms with Gasteiger partial charge in [-0.1, -0.05) is 32.0 Å². The summed E-state index contributed by atoms with van der Waals surface area (Å²) in [6.07, 6.45) is 2.55. The number of rotatable bonds is 9. The number of unbranched alkanes of at least 4 members (excludes halogenated alkanes) is 1. The fourth-order valence-corrected chi connectivity index (χ4v) is 3.34. The van der Waals surface area contributed by atoms with Crippen LogP contribution in [0.3, 0.4) is 0 Å². The lowest BCUT2D eigenvalue weighted by Crippen LogP contribution is -2.28. The molecule has 0 radical (unpaired) electrons. The summed E-state index contributed by atoms with van der Waals surface area (Å²) in [5, 5.41) is 4.03. The van der Waals surface area contributed by atoms with Gasteiger partial charge in [0.05, 0.1) is 17.6 Å². The molecule has 0 aliphatic rings. The van der Waals surface area contributed by atoms with Gasteiger partial charge in [-0.15, -0.1) is 0 Å². The van der Waals surface area contributed by atoms with Crippen LogP contribution in [0.25, 0.3) is 21.9 Å². The molecule has 2 heterocycles. The molecular weight excluding hydrogens is 354 g/mol. The minimum Gasteiger partial charge on any atom is -0.384 e. The first kappa shape index (κ1) is 20.1. The minimum absolute atomic E-state index is 0.0140. The smallest absolute Gasteiger partial charge is 0.222 e. The van der Waals surface area contributed by atoms with E-state index in [1.807, 2.05) is 32.0 Å². The standard InChI is InChI=1S/C21H29N5O2/c1-14(2)21(27)23-11-6-7-12-26-17(10-13-28-3)25-18-19(26)15-8-4-5-9-16(15)24-20(18)22/h4-5,8-9,14H,6-7,10-13H2,1-3H3,(H2,22,24)(H,23,27). The molecule has 7 nitrogen and oxygen atoms in total. The predicted molar refractivity (Wildman–Crippen MR) is 112 cm³/mol. The quantitative estimate of drug-likeness (QED) is 0.554. The Morgan fingerprint density at radius 2 is 2.04 bits per heavy atom. The van der Waals surface area contributed by atoms with Gasteiger partial charge in [0, 0.05) is 37.9 Å². The monoisotopic (exact) mass is 383 g/mol. The van der Waals surface area contributed by atoms with Crippen LogP contribution in [0, 0.1) is 5.92 Å². The molecule has 1 amide bonds. The van der Waals surface area contributed by atoms with E-state index in [0.29, 0.717) is 25.4 Å². The summed E-state index contributed by atoms with van der Waals surface area (Å²) in [5.41, 5.74) is 8.85. The van der Waals surface area contributed by atoms with Gasteiger partial charge < -0.3 is 20.4 Å². The van der Waals surface area contributed by atoms with Crippen molar-refractivity contribution in [1.29, 1.82) is 0 Å². The van der Waals surface area contributed by atoms with E-state index < -0.39 is 0 Å². The average Bonchev–Trinajstić information content (AvgIpc) is 3.05. The van der Waals surface area contributed by atoms with Crippen LogP contribution in [0.4, 0.5) is 5.82 Å². The number of carbonyl (C=O) groups excluding carboxylic acids is 1. The number of carbonyl (C=O) groups is 1. The van der Waals surface area contributed by atoms with Gasteiger partial charge in [0.15, 0.2) is 5.82 Å². The first-order valence-corrected chi connectivity index (χ1v) is 9.83. The second-order valence-corrected chi connectivity index (χ2v) is 7.29. The van der Waals surface area contributed by atoms with Gasteiger partial charge in [-0.25, -0.2) is 9.97 Å². The molecule has 3 rings (SSSR count). The molecule has 28 heavy (non-hydrogen) atoms. The van der Waals surface area contributed by atoms with Gasteiger partial charge in [-0.05, 0) is 18.9 Å². The van der Waals surface area contributed by atoms with E-state index in [0.717, 1.165) is 47.1 Å². The number of amides is 1. The highest BCUT2D eigenvalue weighted by atomic mass is 16.5. The number of methoxy groups -OCH3 is 1. The number of hydrogen-bond donors (Lipinski definition) is 2. The third-order valence-corrected chi connectivity index (χ3v) is 4.85. The number of pyridine rings is 1. The molecule has 3 aromatic rings. The lowest BCUT2D eigenvalue weighted by Gasteiger charge is -2.12. The third kappa shape index (κ3) is 4.25. The van der Waals surface area contributed by atoms with Crippen LogP contribution in [0.5, 0.6) is 0 Å². The maximum absolute atomic E-state index is 11.7. The SMILES string of the molecule is COCCc1nc2c(N)nc3ccccc3c2n1CCCCNC(=O)C(C)C. The molecule has 0 saturated carbocycles.